The third-order valence-electron chi connectivity index (χ3n) is 5.59. The molecule has 4 heteroatoms. The van der Waals surface area contributed by atoms with Crippen LogP contribution in [0.5, 0.6) is 0 Å². The first-order valence-corrected chi connectivity index (χ1v) is 8.30. The second-order valence-electron chi connectivity index (χ2n) is 6.87. The maximum Gasteiger partial charge on any atom is 0.350 e. The zero-order valence-corrected chi connectivity index (χ0v) is 15.3. The summed E-state index contributed by atoms with van der Waals surface area (Å²) in [5, 5.41) is 0. The number of halogens is 1. The molecule has 2 fully saturated rings. The van der Waals surface area contributed by atoms with Gasteiger partial charge in [-0.2, -0.15) is 0 Å². The summed E-state index contributed by atoms with van der Waals surface area (Å²) in [4.78, 5) is 5.06. The van der Waals surface area contributed by atoms with Gasteiger partial charge >= 0.3 is 5.96 Å². The van der Waals surface area contributed by atoms with E-state index in [9.17, 15) is 0 Å². The van der Waals surface area contributed by atoms with E-state index in [4.69, 9.17) is 0 Å². The van der Waals surface area contributed by atoms with E-state index in [1.165, 1.54) is 77.1 Å². The number of rotatable bonds is 1. The van der Waals surface area contributed by atoms with Crippen molar-refractivity contribution >= 4 is 5.96 Å². The van der Waals surface area contributed by atoms with Crippen molar-refractivity contribution in [1.29, 1.82) is 0 Å². The van der Waals surface area contributed by atoms with E-state index >= 15 is 0 Å². The fourth-order valence-corrected chi connectivity index (χ4v) is 4.45. The van der Waals surface area contributed by atoms with Crippen LogP contribution in [0.1, 0.15) is 44.9 Å². The zero-order valence-electron chi connectivity index (χ0n) is 13.2. The van der Waals surface area contributed by atoms with Gasteiger partial charge in [0.1, 0.15) is 0 Å². The van der Waals surface area contributed by atoms with Crippen LogP contribution in [0, 0.1) is 11.8 Å². The maximum atomic E-state index is 2.63. The van der Waals surface area contributed by atoms with Crippen molar-refractivity contribution in [1.82, 2.24) is 9.80 Å². The van der Waals surface area contributed by atoms with Gasteiger partial charge < -0.3 is 24.0 Å². The van der Waals surface area contributed by atoms with Gasteiger partial charge in [0.05, 0.1) is 40.3 Å². The predicted molar refractivity (Wildman–Crippen MR) is 79.6 cm³/mol. The Balaban J connectivity index is 0.00000147. The first-order valence-electron chi connectivity index (χ1n) is 8.30. The minimum absolute atomic E-state index is 0. The number of piperidine rings is 1. The van der Waals surface area contributed by atoms with Gasteiger partial charge in [0.15, 0.2) is 0 Å². The Kier molecular flexibility index (Phi) is 5.99. The fourth-order valence-electron chi connectivity index (χ4n) is 4.45. The molecule has 0 spiro atoms. The molecule has 0 aromatic carbocycles. The van der Waals surface area contributed by atoms with E-state index < -0.39 is 0 Å². The Labute approximate surface area is 141 Å². The summed E-state index contributed by atoms with van der Waals surface area (Å²) in [7, 11) is 4.48. The van der Waals surface area contributed by atoms with Gasteiger partial charge in [-0.25, -0.2) is 0 Å². The van der Waals surface area contributed by atoms with Crippen LogP contribution in [-0.2, 0) is 0 Å². The number of guanidine groups is 1. The molecular formula is C16H30IN3. The Morgan fingerprint density at radius 2 is 1.50 bits per heavy atom. The van der Waals surface area contributed by atoms with Crippen molar-refractivity contribution in [3.8, 4) is 0 Å². The minimum atomic E-state index is 0. The van der Waals surface area contributed by atoms with E-state index in [1.807, 2.05) is 0 Å². The molecule has 1 saturated carbocycles. The van der Waals surface area contributed by atoms with Gasteiger partial charge in [0, 0.05) is 0 Å². The highest BCUT2D eigenvalue weighted by Crippen LogP contribution is 2.35. The largest absolute Gasteiger partial charge is 1.00 e. The molecule has 1 saturated heterocycles. The summed E-state index contributed by atoms with van der Waals surface area (Å²) < 4.78 is 2.43. The van der Waals surface area contributed by atoms with Crippen molar-refractivity contribution in [3.05, 3.63) is 0 Å². The number of hydrogen-bond donors (Lipinski definition) is 0. The second kappa shape index (κ2) is 7.32. The van der Waals surface area contributed by atoms with Crippen molar-refractivity contribution in [2.45, 2.75) is 44.9 Å². The zero-order chi connectivity index (χ0) is 13.2. The highest BCUT2D eigenvalue weighted by Gasteiger charge is 2.35. The molecule has 3 rings (SSSR count). The summed E-state index contributed by atoms with van der Waals surface area (Å²) in [6.45, 7) is 4.94. The first kappa shape index (κ1) is 16.4. The van der Waals surface area contributed by atoms with Gasteiger partial charge in [-0.1, -0.05) is 32.1 Å². The molecule has 0 bridgehead atoms. The average molecular weight is 391 g/mol. The lowest BCUT2D eigenvalue weighted by Crippen LogP contribution is -3.00. The summed E-state index contributed by atoms with van der Waals surface area (Å²) in [6, 6.07) is 0. The van der Waals surface area contributed by atoms with Crippen LogP contribution < -0.4 is 24.0 Å². The van der Waals surface area contributed by atoms with Crippen LogP contribution >= 0.6 is 0 Å². The molecule has 0 radical (unpaired) electrons. The minimum Gasteiger partial charge on any atom is -1.00 e. The summed E-state index contributed by atoms with van der Waals surface area (Å²) in [5.41, 5.74) is 0. The number of likely N-dealkylation sites (N-methyl/N-ethyl adjacent to an activating group) is 2. The third kappa shape index (κ3) is 3.42. The van der Waals surface area contributed by atoms with Gasteiger partial charge in [0.2, 0.25) is 0 Å². The molecule has 0 aromatic heterocycles. The van der Waals surface area contributed by atoms with E-state index in [-0.39, 0.29) is 24.0 Å². The number of nitrogens with zero attached hydrogens (tertiary/aromatic N) is 3. The standard InChI is InChI=1S/C16H30N3.HI/c1-17-12-13-18(2)16(17)19-10-8-15(9-11-19)14-6-4-3-5-7-14;/h14-15H,3-13H2,1-2H3;1H/q+1;/p-1. The molecule has 2 heterocycles. The van der Waals surface area contributed by atoms with Crippen molar-refractivity contribution < 1.29 is 28.6 Å². The van der Waals surface area contributed by atoms with E-state index in [0.717, 1.165) is 11.8 Å². The van der Waals surface area contributed by atoms with Crippen molar-refractivity contribution in [2.75, 3.05) is 40.3 Å². The van der Waals surface area contributed by atoms with Gasteiger partial charge in [-0.3, -0.25) is 14.4 Å². The molecule has 0 amide bonds. The summed E-state index contributed by atoms with van der Waals surface area (Å²) in [5.74, 6) is 3.55. The third-order valence-corrected chi connectivity index (χ3v) is 5.59. The Bertz CT molecular complexity index is 342. The topological polar surface area (TPSA) is 9.49 Å². The van der Waals surface area contributed by atoms with Crippen LogP contribution in [0.25, 0.3) is 0 Å². The van der Waals surface area contributed by atoms with E-state index in [2.05, 4.69) is 28.5 Å². The SMILES string of the molecule is CN1CC[N+](C)=C1N1CCC(C2CCCCC2)CC1.[I-]. The number of hydrogen-bond acceptors (Lipinski definition) is 2. The van der Waals surface area contributed by atoms with E-state index in [0.29, 0.717) is 0 Å². The lowest BCUT2D eigenvalue weighted by atomic mass is 9.76. The lowest BCUT2D eigenvalue weighted by molar-refractivity contribution is -0.491. The molecule has 3 nitrogen and oxygen atoms in total. The highest BCUT2D eigenvalue weighted by molar-refractivity contribution is 5.76. The quantitative estimate of drug-likeness (QED) is 0.429. The van der Waals surface area contributed by atoms with Crippen molar-refractivity contribution in [3.63, 3.8) is 0 Å². The molecule has 1 aliphatic carbocycles. The maximum absolute atomic E-state index is 2.63. The summed E-state index contributed by atoms with van der Waals surface area (Å²) >= 11 is 0. The normalized spacial score (nSPS) is 26.1. The Hall–Kier alpha value is 0. The molecule has 2 aliphatic heterocycles. The van der Waals surface area contributed by atoms with Crippen LogP contribution in [0.15, 0.2) is 0 Å². The molecule has 20 heavy (non-hydrogen) atoms. The van der Waals surface area contributed by atoms with Gasteiger partial charge in [0.25, 0.3) is 0 Å². The molecule has 0 N–H and O–H groups in total. The van der Waals surface area contributed by atoms with Crippen LogP contribution in [0.4, 0.5) is 0 Å². The highest BCUT2D eigenvalue weighted by atomic mass is 127. The fraction of sp³-hybridized carbons (Fsp3) is 0.938. The Morgan fingerprint density at radius 3 is 2.05 bits per heavy atom. The molecule has 0 aromatic rings. The average Bonchev–Trinajstić information content (AvgIpc) is 2.79. The van der Waals surface area contributed by atoms with Crippen LogP contribution in [0.3, 0.4) is 0 Å². The molecule has 3 aliphatic rings. The molecule has 0 atom stereocenters. The monoisotopic (exact) mass is 391 g/mol. The van der Waals surface area contributed by atoms with E-state index in [1.54, 1.807) is 0 Å². The van der Waals surface area contributed by atoms with Crippen molar-refractivity contribution in [2.24, 2.45) is 11.8 Å². The first-order chi connectivity index (χ1) is 9.25. The molecule has 116 valence electrons. The predicted octanol–water partition coefficient (Wildman–Crippen LogP) is -0.774. The number of likely N-dealkylation sites (tertiary alicyclic amines) is 1. The summed E-state index contributed by atoms with van der Waals surface area (Å²) in [6.07, 6.45) is 10.4. The Morgan fingerprint density at radius 1 is 0.900 bits per heavy atom. The molecule has 0 unspecified atom stereocenters. The second-order valence-corrected chi connectivity index (χ2v) is 6.87. The van der Waals surface area contributed by atoms with Gasteiger partial charge in [-0.05, 0) is 24.7 Å². The smallest absolute Gasteiger partial charge is 0.350 e. The lowest BCUT2D eigenvalue weighted by Gasteiger charge is -2.36. The molecular weight excluding hydrogens is 361 g/mol. The van der Waals surface area contributed by atoms with Crippen LogP contribution in [-0.4, -0.2) is 60.6 Å². The van der Waals surface area contributed by atoms with Gasteiger partial charge in [-0.15, -0.1) is 0 Å². The van der Waals surface area contributed by atoms with Crippen LogP contribution in [0.2, 0.25) is 0 Å².